The van der Waals surface area contributed by atoms with Crippen LogP contribution in [0.3, 0.4) is 0 Å². The summed E-state index contributed by atoms with van der Waals surface area (Å²) in [5.41, 5.74) is -0.177. The average Bonchev–Trinajstić information content (AvgIpc) is 2.31. The van der Waals surface area contributed by atoms with E-state index in [1.54, 1.807) is 6.92 Å². The molecule has 0 atom stereocenters. The predicted molar refractivity (Wildman–Crippen MR) is 60.8 cm³/mol. The number of rotatable bonds is 4. The number of carbonyl (C=O) groups is 2. The summed E-state index contributed by atoms with van der Waals surface area (Å²) >= 11 is 0. The number of benzene rings is 1. The molecule has 1 aromatic rings. The number of ether oxygens (including phenoxy) is 1. The van der Waals surface area contributed by atoms with Gasteiger partial charge in [-0.3, -0.25) is 4.79 Å². The second-order valence-electron chi connectivity index (χ2n) is 3.28. The largest absolute Gasteiger partial charge is 0.452 e. The number of hydrogen-bond donors (Lipinski definition) is 1. The molecule has 0 heterocycles. The monoisotopic (exact) mass is 255 g/mol. The van der Waals surface area contributed by atoms with Crippen molar-refractivity contribution in [3.8, 4) is 0 Å². The fourth-order valence-corrected chi connectivity index (χ4v) is 1.10. The molecule has 0 unspecified atom stereocenters. The highest BCUT2D eigenvalue weighted by atomic mass is 19.1. The molecule has 6 heteroatoms. The number of carbonyl (C=O) groups excluding carboxylic acids is 2. The third kappa shape index (κ3) is 4.32. The summed E-state index contributed by atoms with van der Waals surface area (Å²) in [6, 6.07) is 2.72. The summed E-state index contributed by atoms with van der Waals surface area (Å²) in [6.07, 6.45) is 2.60. The van der Waals surface area contributed by atoms with Gasteiger partial charge in [-0.25, -0.2) is 13.6 Å². The van der Waals surface area contributed by atoms with Crippen LogP contribution in [0.5, 0.6) is 0 Å². The van der Waals surface area contributed by atoms with Gasteiger partial charge in [-0.05, 0) is 19.1 Å². The summed E-state index contributed by atoms with van der Waals surface area (Å²) < 4.78 is 30.3. The maximum atomic E-state index is 13.2. The molecule has 96 valence electrons. The van der Waals surface area contributed by atoms with Crippen molar-refractivity contribution in [3.63, 3.8) is 0 Å². The molecule has 0 spiro atoms. The lowest BCUT2D eigenvalue weighted by Gasteiger charge is -2.06. The van der Waals surface area contributed by atoms with Gasteiger partial charge in [-0.15, -0.1) is 0 Å². The Morgan fingerprint density at radius 3 is 2.72 bits per heavy atom. The Hall–Kier alpha value is -2.24. The molecule has 0 aliphatic carbocycles. The van der Waals surface area contributed by atoms with E-state index in [2.05, 4.69) is 10.1 Å². The summed E-state index contributed by atoms with van der Waals surface area (Å²) in [6.45, 7) is 1.08. The smallest absolute Gasteiger partial charge is 0.330 e. The van der Waals surface area contributed by atoms with Gasteiger partial charge in [0.15, 0.2) is 6.61 Å². The van der Waals surface area contributed by atoms with Crippen LogP contribution >= 0.6 is 0 Å². The number of hydrogen-bond acceptors (Lipinski definition) is 3. The van der Waals surface area contributed by atoms with E-state index in [4.69, 9.17) is 0 Å². The van der Waals surface area contributed by atoms with E-state index in [9.17, 15) is 18.4 Å². The molecular weight excluding hydrogens is 244 g/mol. The lowest BCUT2D eigenvalue weighted by molar-refractivity contribution is -0.142. The molecule has 18 heavy (non-hydrogen) atoms. The lowest BCUT2D eigenvalue weighted by Crippen LogP contribution is -2.20. The lowest BCUT2D eigenvalue weighted by atomic mass is 10.3. The molecule has 0 fully saturated rings. The molecule has 0 saturated heterocycles. The number of anilines is 1. The zero-order chi connectivity index (χ0) is 13.5. The second kappa shape index (κ2) is 6.48. The third-order valence-corrected chi connectivity index (χ3v) is 1.85. The molecule has 0 aromatic heterocycles. The van der Waals surface area contributed by atoms with Gasteiger partial charge in [0.05, 0.1) is 5.69 Å². The minimum Gasteiger partial charge on any atom is -0.452 e. The number of esters is 1. The van der Waals surface area contributed by atoms with E-state index >= 15 is 0 Å². The fourth-order valence-electron chi connectivity index (χ4n) is 1.10. The Labute approximate surface area is 102 Å². The van der Waals surface area contributed by atoms with Gasteiger partial charge in [-0.2, -0.15) is 0 Å². The molecule has 1 aromatic carbocycles. The maximum Gasteiger partial charge on any atom is 0.330 e. The quantitative estimate of drug-likeness (QED) is 0.661. The molecular formula is C12H11F2NO3. The van der Waals surface area contributed by atoms with Crippen LogP contribution in [0.15, 0.2) is 30.4 Å². The molecule has 0 bridgehead atoms. The summed E-state index contributed by atoms with van der Waals surface area (Å²) in [4.78, 5) is 22.2. The van der Waals surface area contributed by atoms with E-state index in [1.807, 2.05) is 0 Å². The molecule has 1 rings (SSSR count). The van der Waals surface area contributed by atoms with Crippen molar-refractivity contribution in [1.29, 1.82) is 0 Å². The van der Waals surface area contributed by atoms with Gasteiger partial charge in [0.1, 0.15) is 11.6 Å². The minimum atomic E-state index is -0.900. The van der Waals surface area contributed by atoms with Gasteiger partial charge in [0.2, 0.25) is 0 Å². The molecule has 1 amide bonds. The zero-order valence-corrected chi connectivity index (χ0v) is 9.57. The van der Waals surface area contributed by atoms with Crippen molar-refractivity contribution >= 4 is 17.6 Å². The Balaban J connectivity index is 2.52. The van der Waals surface area contributed by atoms with Crippen molar-refractivity contribution in [2.24, 2.45) is 0 Å². The summed E-state index contributed by atoms with van der Waals surface area (Å²) in [5, 5.41) is 2.15. The van der Waals surface area contributed by atoms with E-state index in [1.165, 1.54) is 6.08 Å². The third-order valence-electron chi connectivity index (χ3n) is 1.85. The Morgan fingerprint density at radius 2 is 2.11 bits per heavy atom. The number of amides is 1. The van der Waals surface area contributed by atoms with Crippen LogP contribution in [0, 0.1) is 11.6 Å². The van der Waals surface area contributed by atoms with E-state index in [-0.39, 0.29) is 5.69 Å². The van der Waals surface area contributed by atoms with Crippen LogP contribution in [0.2, 0.25) is 0 Å². The van der Waals surface area contributed by atoms with Crippen molar-refractivity contribution in [2.75, 3.05) is 11.9 Å². The Kier molecular flexibility index (Phi) is 4.98. The van der Waals surface area contributed by atoms with Crippen LogP contribution in [-0.2, 0) is 14.3 Å². The highest BCUT2D eigenvalue weighted by Crippen LogP contribution is 2.14. The first-order valence-corrected chi connectivity index (χ1v) is 5.07. The van der Waals surface area contributed by atoms with Gasteiger partial charge in [-0.1, -0.05) is 6.08 Å². The molecule has 4 nitrogen and oxygen atoms in total. The number of allylic oxidation sites excluding steroid dienone is 1. The van der Waals surface area contributed by atoms with E-state index < -0.39 is 30.1 Å². The highest BCUT2D eigenvalue weighted by Gasteiger charge is 2.09. The topological polar surface area (TPSA) is 55.4 Å². The van der Waals surface area contributed by atoms with Crippen LogP contribution < -0.4 is 5.32 Å². The van der Waals surface area contributed by atoms with Crippen LogP contribution in [0.25, 0.3) is 0 Å². The van der Waals surface area contributed by atoms with Gasteiger partial charge in [0.25, 0.3) is 5.91 Å². The molecule has 0 radical (unpaired) electrons. The first-order chi connectivity index (χ1) is 8.52. The molecule has 0 aliphatic rings. The van der Waals surface area contributed by atoms with Crippen molar-refractivity contribution < 1.29 is 23.1 Å². The van der Waals surface area contributed by atoms with Crippen molar-refractivity contribution in [1.82, 2.24) is 0 Å². The SMILES string of the molecule is C/C=C/C(=O)OCC(=O)Nc1ccc(F)cc1F. The van der Waals surface area contributed by atoms with Gasteiger partial charge in [0, 0.05) is 12.1 Å². The predicted octanol–water partition coefficient (Wildman–Crippen LogP) is 2.02. The van der Waals surface area contributed by atoms with Crippen LogP contribution in [-0.4, -0.2) is 18.5 Å². The second-order valence-corrected chi connectivity index (χ2v) is 3.28. The van der Waals surface area contributed by atoms with Crippen molar-refractivity contribution in [3.05, 3.63) is 42.0 Å². The van der Waals surface area contributed by atoms with Crippen LogP contribution in [0.4, 0.5) is 14.5 Å². The van der Waals surface area contributed by atoms with E-state index in [0.717, 1.165) is 18.2 Å². The van der Waals surface area contributed by atoms with E-state index in [0.29, 0.717) is 6.07 Å². The highest BCUT2D eigenvalue weighted by molar-refractivity contribution is 5.93. The first kappa shape index (κ1) is 13.8. The maximum absolute atomic E-state index is 13.2. The Bertz CT molecular complexity index is 486. The van der Waals surface area contributed by atoms with Gasteiger partial charge < -0.3 is 10.1 Å². The average molecular weight is 255 g/mol. The first-order valence-electron chi connectivity index (χ1n) is 5.07. The van der Waals surface area contributed by atoms with Crippen LogP contribution in [0.1, 0.15) is 6.92 Å². The standard InChI is InChI=1S/C12H11F2NO3/c1-2-3-12(17)18-7-11(16)15-10-5-4-8(13)6-9(10)14/h2-6H,7H2,1H3,(H,15,16)/b3-2+. The fraction of sp³-hybridized carbons (Fsp3) is 0.167. The molecule has 0 saturated carbocycles. The zero-order valence-electron chi connectivity index (χ0n) is 9.57. The minimum absolute atomic E-state index is 0.177. The number of halogens is 2. The normalized spacial score (nSPS) is 10.4. The molecule has 1 N–H and O–H groups in total. The Morgan fingerprint density at radius 1 is 1.39 bits per heavy atom. The van der Waals surface area contributed by atoms with Gasteiger partial charge >= 0.3 is 5.97 Å². The molecule has 0 aliphatic heterocycles. The summed E-state index contributed by atoms with van der Waals surface area (Å²) in [7, 11) is 0. The summed E-state index contributed by atoms with van der Waals surface area (Å²) in [5.74, 6) is -3.03. The van der Waals surface area contributed by atoms with Crippen molar-refractivity contribution in [2.45, 2.75) is 6.92 Å². The number of nitrogens with one attached hydrogen (secondary N) is 1.